The van der Waals surface area contributed by atoms with Crippen molar-refractivity contribution >= 4 is 23.4 Å². The summed E-state index contributed by atoms with van der Waals surface area (Å²) in [5.74, 6) is 0.0688. The number of carbonyl (C=O) groups excluding carboxylic acids is 1. The summed E-state index contributed by atoms with van der Waals surface area (Å²) in [6.07, 6.45) is 1.99. The average molecular weight is 300 g/mol. The van der Waals surface area contributed by atoms with E-state index >= 15 is 0 Å². The fourth-order valence-electron chi connectivity index (χ4n) is 2.16. The van der Waals surface area contributed by atoms with Crippen LogP contribution in [-0.4, -0.2) is 23.6 Å². The Morgan fingerprint density at radius 2 is 1.81 bits per heavy atom. The number of carbonyl (C=O) groups is 1. The van der Waals surface area contributed by atoms with Gasteiger partial charge < -0.3 is 10.6 Å². The number of anilines is 1. The van der Waals surface area contributed by atoms with Crippen molar-refractivity contribution in [2.24, 2.45) is 0 Å². The zero-order valence-electron chi connectivity index (χ0n) is 12.4. The number of hydrogen-bond donors (Lipinski definition) is 1. The minimum atomic E-state index is 0.0688. The van der Waals surface area contributed by atoms with Crippen molar-refractivity contribution < 1.29 is 4.79 Å². The highest BCUT2D eigenvalue weighted by molar-refractivity contribution is 7.98. The van der Waals surface area contributed by atoms with Gasteiger partial charge in [0.15, 0.2) is 0 Å². The predicted octanol–water partition coefficient (Wildman–Crippen LogP) is 3.65. The molecule has 21 heavy (non-hydrogen) atoms. The van der Waals surface area contributed by atoms with Crippen molar-refractivity contribution in [3.8, 4) is 0 Å². The normalized spacial score (nSPS) is 10.4. The average Bonchev–Trinajstić information content (AvgIpc) is 2.53. The Labute approximate surface area is 130 Å². The van der Waals surface area contributed by atoms with E-state index in [1.807, 2.05) is 66.6 Å². The lowest BCUT2D eigenvalue weighted by molar-refractivity contribution is 0.0749. The molecular weight excluding hydrogens is 280 g/mol. The van der Waals surface area contributed by atoms with Crippen LogP contribution < -0.4 is 5.73 Å². The first kappa shape index (κ1) is 15.4. The Balaban J connectivity index is 2.20. The zero-order valence-corrected chi connectivity index (χ0v) is 13.2. The molecule has 110 valence electrons. The third-order valence-electron chi connectivity index (χ3n) is 3.36. The van der Waals surface area contributed by atoms with Gasteiger partial charge in [-0.05, 0) is 43.0 Å². The lowest BCUT2D eigenvalue weighted by Gasteiger charge is -2.22. The number of hydrogen-bond acceptors (Lipinski definition) is 3. The molecule has 0 radical (unpaired) electrons. The van der Waals surface area contributed by atoms with Gasteiger partial charge in [-0.15, -0.1) is 11.8 Å². The highest BCUT2D eigenvalue weighted by Gasteiger charge is 2.17. The predicted molar refractivity (Wildman–Crippen MR) is 89.5 cm³/mol. The van der Waals surface area contributed by atoms with Gasteiger partial charge >= 0.3 is 0 Å². The van der Waals surface area contributed by atoms with Crippen molar-refractivity contribution in [1.29, 1.82) is 0 Å². The zero-order chi connectivity index (χ0) is 15.2. The standard InChI is InChI=1S/C17H20N2OS/c1-3-19(12-13-8-10-14(18)11-9-13)17(20)15-6-4-5-7-16(15)21-2/h4-11H,3,12,18H2,1-2H3. The third kappa shape index (κ3) is 3.79. The molecule has 0 fully saturated rings. The molecular formula is C17H20N2OS. The van der Waals surface area contributed by atoms with E-state index in [1.165, 1.54) is 0 Å². The van der Waals surface area contributed by atoms with Crippen LogP contribution in [0.5, 0.6) is 0 Å². The van der Waals surface area contributed by atoms with Gasteiger partial charge in [0.1, 0.15) is 0 Å². The summed E-state index contributed by atoms with van der Waals surface area (Å²) < 4.78 is 0. The van der Waals surface area contributed by atoms with Crippen LogP contribution in [0.2, 0.25) is 0 Å². The van der Waals surface area contributed by atoms with Gasteiger partial charge in [-0.3, -0.25) is 4.79 Å². The van der Waals surface area contributed by atoms with Crippen LogP contribution in [0.4, 0.5) is 5.69 Å². The molecule has 4 heteroatoms. The van der Waals surface area contributed by atoms with Crippen LogP contribution in [0.15, 0.2) is 53.4 Å². The van der Waals surface area contributed by atoms with Gasteiger partial charge in [0, 0.05) is 23.7 Å². The summed E-state index contributed by atoms with van der Waals surface area (Å²) in [7, 11) is 0. The number of benzene rings is 2. The van der Waals surface area contributed by atoms with Crippen molar-refractivity contribution in [2.45, 2.75) is 18.4 Å². The molecule has 0 atom stereocenters. The lowest BCUT2D eigenvalue weighted by Crippen LogP contribution is -2.30. The van der Waals surface area contributed by atoms with Crippen molar-refractivity contribution in [2.75, 3.05) is 18.5 Å². The van der Waals surface area contributed by atoms with Gasteiger partial charge in [0.05, 0.1) is 5.56 Å². The highest BCUT2D eigenvalue weighted by atomic mass is 32.2. The van der Waals surface area contributed by atoms with Gasteiger partial charge in [-0.25, -0.2) is 0 Å². The summed E-state index contributed by atoms with van der Waals surface area (Å²) in [4.78, 5) is 15.6. The highest BCUT2D eigenvalue weighted by Crippen LogP contribution is 2.22. The quantitative estimate of drug-likeness (QED) is 0.677. The van der Waals surface area contributed by atoms with E-state index in [4.69, 9.17) is 5.73 Å². The smallest absolute Gasteiger partial charge is 0.255 e. The molecule has 1 amide bonds. The number of nitrogen functional groups attached to an aromatic ring is 1. The molecule has 0 saturated heterocycles. The van der Waals surface area contributed by atoms with Crippen LogP contribution >= 0.6 is 11.8 Å². The maximum absolute atomic E-state index is 12.7. The maximum atomic E-state index is 12.7. The number of rotatable bonds is 5. The molecule has 3 nitrogen and oxygen atoms in total. The number of nitrogens with two attached hydrogens (primary N) is 1. The van der Waals surface area contributed by atoms with Crippen molar-refractivity contribution in [3.63, 3.8) is 0 Å². The Kier molecular flexibility index (Phi) is 5.28. The Hall–Kier alpha value is -1.94. The molecule has 2 N–H and O–H groups in total. The van der Waals surface area contributed by atoms with Gasteiger partial charge in [0.25, 0.3) is 5.91 Å². The van der Waals surface area contributed by atoms with Gasteiger partial charge in [0.2, 0.25) is 0 Å². The summed E-state index contributed by atoms with van der Waals surface area (Å²) in [5.41, 5.74) is 8.28. The molecule has 0 bridgehead atoms. The van der Waals surface area contributed by atoms with Crippen molar-refractivity contribution in [1.82, 2.24) is 4.90 Å². The minimum absolute atomic E-state index is 0.0688. The molecule has 0 aromatic heterocycles. The number of nitrogens with zero attached hydrogens (tertiary/aromatic N) is 1. The van der Waals surface area contributed by atoms with Crippen LogP contribution in [-0.2, 0) is 6.54 Å². The lowest BCUT2D eigenvalue weighted by atomic mass is 10.1. The summed E-state index contributed by atoms with van der Waals surface area (Å²) in [6.45, 7) is 3.27. The molecule has 0 spiro atoms. The van der Waals surface area contributed by atoms with Crippen LogP contribution in [0.25, 0.3) is 0 Å². The first-order chi connectivity index (χ1) is 10.2. The van der Waals surface area contributed by atoms with Crippen LogP contribution in [0.3, 0.4) is 0 Å². The van der Waals surface area contributed by atoms with E-state index in [-0.39, 0.29) is 5.91 Å². The largest absolute Gasteiger partial charge is 0.399 e. The van der Waals surface area contributed by atoms with Gasteiger partial charge in [-0.1, -0.05) is 24.3 Å². The molecule has 0 heterocycles. The van der Waals surface area contributed by atoms with Crippen molar-refractivity contribution in [3.05, 3.63) is 59.7 Å². The Bertz CT molecular complexity index is 610. The van der Waals surface area contributed by atoms with Gasteiger partial charge in [-0.2, -0.15) is 0 Å². The third-order valence-corrected chi connectivity index (χ3v) is 4.16. The molecule has 2 rings (SSSR count). The van der Waals surface area contributed by atoms with E-state index in [9.17, 15) is 4.79 Å². The molecule has 0 saturated carbocycles. The topological polar surface area (TPSA) is 46.3 Å². The molecule has 2 aromatic carbocycles. The monoisotopic (exact) mass is 300 g/mol. The fourth-order valence-corrected chi connectivity index (χ4v) is 2.75. The molecule has 0 aliphatic carbocycles. The Morgan fingerprint density at radius 1 is 1.14 bits per heavy atom. The second-order valence-electron chi connectivity index (χ2n) is 4.76. The molecule has 0 aliphatic heterocycles. The van der Waals surface area contributed by atoms with Crippen LogP contribution in [0, 0.1) is 0 Å². The number of amides is 1. The van der Waals surface area contributed by atoms with Crippen LogP contribution in [0.1, 0.15) is 22.8 Å². The van der Waals surface area contributed by atoms with E-state index in [0.717, 1.165) is 21.7 Å². The minimum Gasteiger partial charge on any atom is -0.399 e. The van der Waals surface area contributed by atoms with E-state index in [1.54, 1.807) is 11.8 Å². The second-order valence-corrected chi connectivity index (χ2v) is 5.61. The second kappa shape index (κ2) is 7.18. The Morgan fingerprint density at radius 3 is 2.43 bits per heavy atom. The fraction of sp³-hybridized carbons (Fsp3) is 0.235. The summed E-state index contributed by atoms with van der Waals surface area (Å²) in [6, 6.07) is 15.4. The first-order valence-electron chi connectivity index (χ1n) is 6.92. The number of thioether (sulfide) groups is 1. The molecule has 2 aromatic rings. The summed E-state index contributed by atoms with van der Waals surface area (Å²) in [5, 5.41) is 0. The summed E-state index contributed by atoms with van der Waals surface area (Å²) >= 11 is 1.60. The molecule has 0 unspecified atom stereocenters. The van der Waals surface area contributed by atoms with E-state index in [2.05, 4.69) is 0 Å². The first-order valence-corrected chi connectivity index (χ1v) is 8.15. The SMILES string of the molecule is CCN(Cc1ccc(N)cc1)C(=O)c1ccccc1SC. The van der Waals surface area contributed by atoms with E-state index < -0.39 is 0 Å². The maximum Gasteiger partial charge on any atom is 0.255 e. The molecule has 0 aliphatic rings. The van der Waals surface area contributed by atoms with E-state index in [0.29, 0.717) is 13.1 Å².